The zero-order valence-corrected chi connectivity index (χ0v) is 8.46. The minimum atomic E-state index is -1.72. The van der Waals surface area contributed by atoms with Gasteiger partial charge in [0.25, 0.3) is 0 Å². The predicted molar refractivity (Wildman–Crippen MR) is 54.0 cm³/mol. The number of hydrogen-bond acceptors (Lipinski definition) is 2. The van der Waals surface area contributed by atoms with E-state index in [2.05, 4.69) is 11.8 Å². The Morgan fingerprint density at radius 3 is 2.53 bits per heavy atom. The second-order valence-corrected chi connectivity index (χ2v) is 3.03. The fraction of sp³-hybridized carbons (Fsp3) is 0.0909. The highest BCUT2D eigenvalue weighted by atomic mass is 19.1. The first-order chi connectivity index (χ1) is 7.93. The maximum Gasteiger partial charge on any atom is 0.341 e. The Bertz CT molecular complexity index is 544. The Kier molecular flexibility index (Phi) is 3.78. The van der Waals surface area contributed by atoms with E-state index in [0.29, 0.717) is 0 Å². The van der Waals surface area contributed by atoms with Gasteiger partial charge in [-0.15, -0.1) is 0 Å². The summed E-state index contributed by atoms with van der Waals surface area (Å²) in [5, 5.41) is 8.58. The first-order valence-corrected chi connectivity index (χ1v) is 4.42. The molecule has 0 aliphatic heterocycles. The van der Waals surface area contributed by atoms with Crippen LogP contribution in [0.4, 0.5) is 8.78 Å². The zero-order valence-electron chi connectivity index (χ0n) is 8.46. The van der Waals surface area contributed by atoms with Crippen LogP contribution in [0.3, 0.4) is 0 Å². The third-order valence-corrected chi connectivity index (χ3v) is 1.79. The maximum atomic E-state index is 13.5. The number of carbonyl (C=O) groups excluding carboxylic acids is 1. The van der Waals surface area contributed by atoms with Crippen LogP contribution in [0.15, 0.2) is 12.1 Å². The molecule has 0 saturated carbocycles. The highest BCUT2D eigenvalue weighted by Gasteiger charge is 2.18. The van der Waals surface area contributed by atoms with Gasteiger partial charge in [-0.1, -0.05) is 11.8 Å². The quantitative estimate of drug-likeness (QED) is 0.752. The molecule has 4 nitrogen and oxygen atoms in total. The van der Waals surface area contributed by atoms with E-state index in [0.717, 1.165) is 12.1 Å². The molecule has 0 aliphatic rings. The summed E-state index contributed by atoms with van der Waals surface area (Å²) in [6.07, 6.45) is -0.292. The first kappa shape index (κ1) is 12.6. The minimum absolute atomic E-state index is 0.292. The third-order valence-electron chi connectivity index (χ3n) is 1.79. The lowest BCUT2D eigenvalue weighted by molar-refractivity contribution is -0.117. The topological polar surface area (TPSA) is 80.4 Å². The van der Waals surface area contributed by atoms with Crippen LogP contribution in [0, 0.1) is 23.5 Å². The van der Waals surface area contributed by atoms with E-state index in [1.54, 1.807) is 0 Å². The molecule has 6 heteroatoms. The van der Waals surface area contributed by atoms with Crippen molar-refractivity contribution in [3.63, 3.8) is 0 Å². The second-order valence-electron chi connectivity index (χ2n) is 3.03. The number of nitrogens with two attached hydrogens (primary N) is 1. The van der Waals surface area contributed by atoms with Crippen LogP contribution in [-0.4, -0.2) is 17.0 Å². The minimum Gasteiger partial charge on any atom is -0.477 e. The predicted octanol–water partition coefficient (Wildman–Crippen LogP) is 0.890. The molecule has 0 heterocycles. The summed E-state index contributed by atoms with van der Waals surface area (Å²) in [5.74, 6) is -0.415. The van der Waals surface area contributed by atoms with Crippen LogP contribution in [0.25, 0.3) is 0 Å². The fourth-order valence-corrected chi connectivity index (χ4v) is 1.07. The number of primary amides is 1. The molecular weight excluding hydrogens is 232 g/mol. The van der Waals surface area contributed by atoms with Crippen molar-refractivity contribution in [3.8, 4) is 11.8 Å². The van der Waals surface area contributed by atoms with Gasteiger partial charge in [-0.2, -0.15) is 0 Å². The van der Waals surface area contributed by atoms with Gasteiger partial charge in [-0.05, 0) is 12.1 Å². The SMILES string of the molecule is NC(=O)CC#Cc1ccc(F)c(C(=O)O)c1F. The average Bonchev–Trinajstić information content (AvgIpc) is 2.20. The van der Waals surface area contributed by atoms with E-state index < -0.39 is 29.1 Å². The number of benzene rings is 1. The number of carboxylic acids is 1. The standard InChI is InChI=1S/C11H7F2NO3/c12-7-5-4-6(2-1-3-8(14)15)10(13)9(7)11(16)17/h4-5H,3H2,(H2,14,15)(H,16,17). The Labute approximate surface area is 95.0 Å². The van der Waals surface area contributed by atoms with E-state index in [4.69, 9.17) is 10.8 Å². The molecule has 0 aromatic heterocycles. The number of aromatic carboxylic acids is 1. The molecule has 1 aromatic rings. The Hall–Kier alpha value is -2.42. The average molecular weight is 239 g/mol. The molecule has 0 spiro atoms. The molecule has 1 rings (SSSR count). The maximum absolute atomic E-state index is 13.5. The van der Waals surface area contributed by atoms with Crippen LogP contribution in [0.5, 0.6) is 0 Å². The van der Waals surface area contributed by atoms with Gasteiger partial charge in [0.05, 0.1) is 12.0 Å². The van der Waals surface area contributed by atoms with Gasteiger partial charge < -0.3 is 10.8 Å². The number of rotatable bonds is 2. The fourth-order valence-electron chi connectivity index (χ4n) is 1.07. The largest absolute Gasteiger partial charge is 0.477 e. The molecule has 0 bridgehead atoms. The van der Waals surface area contributed by atoms with Gasteiger partial charge in [0.1, 0.15) is 11.4 Å². The highest BCUT2D eigenvalue weighted by Crippen LogP contribution is 2.16. The van der Waals surface area contributed by atoms with Crippen LogP contribution >= 0.6 is 0 Å². The van der Waals surface area contributed by atoms with E-state index in [9.17, 15) is 18.4 Å². The summed E-state index contributed by atoms with van der Waals surface area (Å²) in [6.45, 7) is 0. The summed E-state index contributed by atoms with van der Waals surface area (Å²) >= 11 is 0. The lowest BCUT2D eigenvalue weighted by Gasteiger charge is -2.01. The van der Waals surface area contributed by atoms with Crippen molar-refractivity contribution in [2.75, 3.05) is 0 Å². The molecule has 0 saturated heterocycles. The molecular formula is C11H7F2NO3. The van der Waals surface area contributed by atoms with Crippen molar-refractivity contribution in [3.05, 3.63) is 34.9 Å². The molecule has 1 amide bonds. The van der Waals surface area contributed by atoms with Crippen LogP contribution in [0.2, 0.25) is 0 Å². The van der Waals surface area contributed by atoms with Gasteiger partial charge >= 0.3 is 5.97 Å². The van der Waals surface area contributed by atoms with Crippen molar-refractivity contribution < 1.29 is 23.5 Å². The lowest BCUT2D eigenvalue weighted by atomic mass is 10.1. The third kappa shape index (κ3) is 3.01. The monoisotopic (exact) mass is 239 g/mol. The highest BCUT2D eigenvalue weighted by molar-refractivity contribution is 5.88. The Morgan fingerprint density at radius 2 is 2.00 bits per heavy atom. The van der Waals surface area contributed by atoms with E-state index in [1.807, 2.05) is 0 Å². The van der Waals surface area contributed by atoms with E-state index >= 15 is 0 Å². The summed E-state index contributed by atoms with van der Waals surface area (Å²) in [5.41, 5.74) is 3.43. The number of hydrogen-bond donors (Lipinski definition) is 2. The number of halogens is 2. The molecule has 17 heavy (non-hydrogen) atoms. The molecule has 0 atom stereocenters. The van der Waals surface area contributed by atoms with Crippen molar-refractivity contribution in [1.29, 1.82) is 0 Å². The van der Waals surface area contributed by atoms with Gasteiger partial charge in [-0.3, -0.25) is 4.79 Å². The Balaban J connectivity index is 3.18. The van der Waals surface area contributed by atoms with Crippen molar-refractivity contribution >= 4 is 11.9 Å². The second kappa shape index (κ2) is 5.07. The summed E-state index contributed by atoms with van der Waals surface area (Å²) in [6, 6.07) is 1.78. The van der Waals surface area contributed by atoms with E-state index in [1.165, 1.54) is 0 Å². The lowest BCUT2D eigenvalue weighted by Crippen LogP contribution is -2.08. The van der Waals surface area contributed by atoms with Gasteiger partial charge in [-0.25, -0.2) is 13.6 Å². The molecule has 0 aliphatic carbocycles. The van der Waals surface area contributed by atoms with Crippen LogP contribution < -0.4 is 5.73 Å². The molecule has 3 N–H and O–H groups in total. The zero-order chi connectivity index (χ0) is 13.0. The van der Waals surface area contributed by atoms with Crippen LogP contribution in [0.1, 0.15) is 22.3 Å². The summed E-state index contributed by atoms with van der Waals surface area (Å²) < 4.78 is 26.5. The smallest absolute Gasteiger partial charge is 0.341 e. The van der Waals surface area contributed by atoms with Gasteiger partial charge in [0, 0.05) is 0 Å². The Morgan fingerprint density at radius 1 is 1.35 bits per heavy atom. The first-order valence-electron chi connectivity index (χ1n) is 4.42. The number of amides is 1. The summed E-state index contributed by atoms with van der Waals surface area (Å²) in [7, 11) is 0. The molecule has 88 valence electrons. The molecule has 0 radical (unpaired) electrons. The van der Waals surface area contributed by atoms with Crippen molar-refractivity contribution in [2.24, 2.45) is 5.73 Å². The number of carboxylic acid groups (broad SMARTS) is 1. The normalized spacial score (nSPS) is 9.29. The van der Waals surface area contributed by atoms with E-state index in [-0.39, 0.29) is 12.0 Å². The number of carbonyl (C=O) groups is 2. The summed E-state index contributed by atoms with van der Waals surface area (Å²) in [4.78, 5) is 21.0. The van der Waals surface area contributed by atoms with Gasteiger partial charge in [0.15, 0.2) is 5.82 Å². The van der Waals surface area contributed by atoms with Crippen molar-refractivity contribution in [1.82, 2.24) is 0 Å². The molecule has 1 aromatic carbocycles. The molecule has 0 unspecified atom stereocenters. The molecule has 0 fully saturated rings. The van der Waals surface area contributed by atoms with Crippen LogP contribution in [-0.2, 0) is 4.79 Å². The van der Waals surface area contributed by atoms with Gasteiger partial charge in [0.2, 0.25) is 5.91 Å². The van der Waals surface area contributed by atoms with Crippen molar-refractivity contribution in [2.45, 2.75) is 6.42 Å².